The van der Waals surface area contributed by atoms with Gasteiger partial charge < -0.3 is 25.4 Å². The van der Waals surface area contributed by atoms with Gasteiger partial charge in [0, 0.05) is 19.5 Å². The van der Waals surface area contributed by atoms with Crippen LogP contribution in [0.15, 0.2) is 91.0 Å². The van der Waals surface area contributed by atoms with Crippen molar-refractivity contribution in [2.75, 3.05) is 20.2 Å². The zero-order valence-electron chi connectivity index (χ0n) is 29.4. The Hall–Kier alpha value is -4.70. The fourth-order valence-corrected chi connectivity index (χ4v) is 6.30. The van der Waals surface area contributed by atoms with Gasteiger partial charge in [-0.3, -0.25) is 19.3 Å². The third-order valence-electron chi connectivity index (χ3n) is 8.54. The van der Waals surface area contributed by atoms with Crippen LogP contribution in [0, 0.1) is 5.92 Å². The molecule has 10 heteroatoms. The van der Waals surface area contributed by atoms with Gasteiger partial charge >= 0.3 is 12.1 Å². The van der Waals surface area contributed by atoms with Crippen LogP contribution in [-0.4, -0.2) is 72.7 Å². The minimum atomic E-state index is -0.991. The molecule has 49 heavy (non-hydrogen) atoms. The molecule has 0 unspecified atom stereocenters. The van der Waals surface area contributed by atoms with Crippen molar-refractivity contribution in [3.8, 4) is 0 Å². The highest BCUT2D eigenvalue weighted by Gasteiger charge is 2.42. The van der Waals surface area contributed by atoms with Crippen molar-refractivity contribution in [3.05, 3.63) is 108 Å². The number of benzene rings is 3. The third kappa shape index (κ3) is 9.47. The Bertz CT molecular complexity index is 1450. The van der Waals surface area contributed by atoms with E-state index in [0.29, 0.717) is 6.42 Å². The second-order valence-corrected chi connectivity index (χ2v) is 13.9. The number of hydrogen-bond donors (Lipinski definition) is 3. The van der Waals surface area contributed by atoms with E-state index in [1.54, 1.807) is 20.8 Å². The van der Waals surface area contributed by atoms with Crippen LogP contribution < -0.4 is 16.0 Å². The van der Waals surface area contributed by atoms with Gasteiger partial charge in [-0.15, -0.1) is 0 Å². The lowest BCUT2D eigenvalue weighted by Crippen LogP contribution is -2.65. The first-order chi connectivity index (χ1) is 23.4. The molecule has 3 atom stereocenters. The average Bonchev–Trinajstić information content (AvgIpc) is 3.08. The van der Waals surface area contributed by atoms with Gasteiger partial charge in [-0.2, -0.15) is 0 Å². The predicted molar refractivity (Wildman–Crippen MR) is 189 cm³/mol. The van der Waals surface area contributed by atoms with Crippen LogP contribution in [-0.2, 0) is 29.4 Å². The summed E-state index contributed by atoms with van der Waals surface area (Å²) < 4.78 is 10.8. The summed E-state index contributed by atoms with van der Waals surface area (Å²) in [5.41, 5.74) is 0.916. The van der Waals surface area contributed by atoms with Crippen LogP contribution in [0.2, 0.25) is 0 Å². The maximum absolute atomic E-state index is 13.9. The summed E-state index contributed by atoms with van der Waals surface area (Å²) in [5, 5.41) is 9.48. The van der Waals surface area contributed by atoms with Gasteiger partial charge in [0.1, 0.15) is 23.2 Å². The first kappa shape index (κ1) is 37.1. The highest BCUT2D eigenvalue weighted by atomic mass is 16.6. The molecule has 3 aromatic rings. The highest BCUT2D eigenvalue weighted by Crippen LogP contribution is 2.37. The van der Waals surface area contributed by atoms with E-state index in [1.807, 2.05) is 105 Å². The van der Waals surface area contributed by atoms with Gasteiger partial charge in [-0.1, -0.05) is 105 Å². The molecule has 0 aromatic heterocycles. The number of rotatable bonds is 13. The van der Waals surface area contributed by atoms with Crippen LogP contribution in [0.4, 0.5) is 4.79 Å². The molecule has 1 heterocycles. The monoisotopic (exact) mass is 670 g/mol. The SMILES string of the molecule is COC(=O)[C@H](CCC(=O)NC(c1ccccc1)(c1ccccc1)c1ccccc1)NC[C@H]1CNC(=O)[C@H](CC(C)C)N1C(=O)OC(C)(C)C. The Labute approximate surface area is 289 Å². The minimum Gasteiger partial charge on any atom is -0.468 e. The predicted octanol–water partition coefficient (Wildman–Crippen LogP) is 5.16. The number of esters is 1. The zero-order chi connectivity index (χ0) is 35.6. The van der Waals surface area contributed by atoms with Crippen molar-refractivity contribution in [3.63, 3.8) is 0 Å². The largest absolute Gasteiger partial charge is 0.468 e. The molecule has 1 fully saturated rings. The molecule has 0 bridgehead atoms. The number of hydrogen-bond acceptors (Lipinski definition) is 7. The zero-order valence-corrected chi connectivity index (χ0v) is 29.4. The lowest BCUT2D eigenvalue weighted by Gasteiger charge is -2.42. The summed E-state index contributed by atoms with van der Waals surface area (Å²) >= 11 is 0. The first-order valence-electron chi connectivity index (χ1n) is 16.9. The van der Waals surface area contributed by atoms with E-state index in [1.165, 1.54) is 12.0 Å². The fraction of sp³-hybridized carbons (Fsp3) is 0.436. The summed E-state index contributed by atoms with van der Waals surface area (Å²) in [6.45, 7) is 9.66. The fourth-order valence-electron chi connectivity index (χ4n) is 6.30. The Morgan fingerprint density at radius 3 is 1.84 bits per heavy atom. The Morgan fingerprint density at radius 1 is 0.878 bits per heavy atom. The van der Waals surface area contributed by atoms with Crippen molar-refractivity contribution in [1.29, 1.82) is 0 Å². The number of piperazine rings is 1. The molecule has 3 amide bonds. The Kier molecular flexibility index (Phi) is 12.6. The second kappa shape index (κ2) is 16.6. The van der Waals surface area contributed by atoms with Crippen molar-refractivity contribution in [2.45, 2.75) is 83.1 Å². The summed E-state index contributed by atoms with van der Waals surface area (Å²) in [6, 6.07) is 27.3. The van der Waals surface area contributed by atoms with E-state index >= 15 is 0 Å². The summed E-state index contributed by atoms with van der Waals surface area (Å²) in [6.07, 6.45) is 0.00356. The number of carbonyl (C=O) groups excluding carboxylic acids is 4. The summed E-state index contributed by atoms with van der Waals surface area (Å²) in [5.74, 6) is -0.889. The molecule has 0 aliphatic carbocycles. The molecule has 0 spiro atoms. The van der Waals surface area contributed by atoms with E-state index in [4.69, 9.17) is 9.47 Å². The molecule has 3 aromatic carbocycles. The highest BCUT2D eigenvalue weighted by molar-refractivity contribution is 5.87. The standard InChI is InChI=1S/C39H50N4O6/c1-27(2)24-33-35(45)41-26-31(43(33)37(47)49-38(3,4)5)25-40-32(36(46)48-6)22-23-34(44)42-39(28-16-10-7-11-17-28,29-18-12-8-13-19-29)30-20-14-9-15-21-30/h7-21,27,31-33,40H,22-26H2,1-6H3,(H,41,45)(H,42,44)/t31-,32-,33-/m0/s1. The molecule has 3 N–H and O–H groups in total. The normalized spacial score (nSPS) is 17.2. The van der Waals surface area contributed by atoms with E-state index < -0.39 is 41.3 Å². The van der Waals surface area contributed by atoms with Gasteiger partial charge in [0.15, 0.2) is 0 Å². The molecular formula is C39H50N4O6. The van der Waals surface area contributed by atoms with Crippen molar-refractivity contribution < 1.29 is 28.7 Å². The van der Waals surface area contributed by atoms with Crippen molar-refractivity contribution in [1.82, 2.24) is 20.9 Å². The van der Waals surface area contributed by atoms with Crippen LogP contribution >= 0.6 is 0 Å². The molecule has 1 saturated heterocycles. The van der Waals surface area contributed by atoms with Gasteiger partial charge in [0.05, 0.1) is 13.2 Å². The maximum atomic E-state index is 13.9. The molecule has 4 rings (SSSR count). The average molecular weight is 671 g/mol. The lowest BCUT2D eigenvalue weighted by molar-refractivity contribution is -0.143. The maximum Gasteiger partial charge on any atom is 0.411 e. The van der Waals surface area contributed by atoms with Gasteiger partial charge in [-0.25, -0.2) is 4.79 Å². The van der Waals surface area contributed by atoms with E-state index in [0.717, 1.165) is 16.7 Å². The van der Waals surface area contributed by atoms with Crippen LogP contribution in [0.25, 0.3) is 0 Å². The molecule has 1 aliphatic heterocycles. The number of carbonyl (C=O) groups is 4. The van der Waals surface area contributed by atoms with E-state index in [-0.39, 0.29) is 43.7 Å². The van der Waals surface area contributed by atoms with Crippen LogP contribution in [0.5, 0.6) is 0 Å². The topological polar surface area (TPSA) is 126 Å². The number of amides is 3. The van der Waals surface area contributed by atoms with E-state index in [2.05, 4.69) is 16.0 Å². The van der Waals surface area contributed by atoms with Gasteiger partial charge in [0.2, 0.25) is 11.8 Å². The van der Waals surface area contributed by atoms with Gasteiger partial charge in [-0.05, 0) is 56.2 Å². The molecule has 0 radical (unpaired) electrons. The van der Waals surface area contributed by atoms with Crippen molar-refractivity contribution >= 4 is 23.9 Å². The Morgan fingerprint density at radius 2 is 1.39 bits per heavy atom. The van der Waals surface area contributed by atoms with Gasteiger partial charge in [0.25, 0.3) is 0 Å². The molecular weight excluding hydrogens is 620 g/mol. The number of ether oxygens (including phenoxy) is 2. The second-order valence-electron chi connectivity index (χ2n) is 13.9. The summed E-state index contributed by atoms with van der Waals surface area (Å²) in [4.78, 5) is 54.9. The number of nitrogens with zero attached hydrogens (tertiary/aromatic N) is 1. The van der Waals surface area contributed by atoms with Crippen LogP contribution in [0.3, 0.4) is 0 Å². The minimum absolute atomic E-state index is 0.00811. The molecule has 262 valence electrons. The lowest BCUT2D eigenvalue weighted by atomic mass is 9.77. The molecule has 1 aliphatic rings. The van der Waals surface area contributed by atoms with Crippen molar-refractivity contribution in [2.24, 2.45) is 5.92 Å². The Balaban J connectivity index is 1.56. The smallest absolute Gasteiger partial charge is 0.411 e. The number of nitrogens with one attached hydrogen (secondary N) is 3. The number of methoxy groups -OCH3 is 1. The first-order valence-corrected chi connectivity index (χ1v) is 16.9. The third-order valence-corrected chi connectivity index (χ3v) is 8.54. The summed E-state index contributed by atoms with van der Waals surface area (Å²) in [7, 11) is 1.30. The van der Waals surface area contributed by atoms with Crippen LogP contribution in [0.1, 0.15) is 70.6 Å². The van der Waals surface area contributed by atoms with E-state index in [9.17, 15) is 19.2 Å². The molecule has 10 nitrogen and oxygen atoms in total. The molecule has 0 saturated carbocycles. The quantitative estimate of drug-likeness (QED) is 0.170.